The molecule has 0 fully saturated rings. The molecule has 1 amide bonds. The van der Waals surface area contributed by atoms with Gasteiger partial charge in [-0.3, -0.25) is 4.79 Å². The van der Waals surface area contributed by atoms with Crippen LogP contribution in [0.25, 0.3) is 0 Å². The average molecular weight is 472 g/mol. The van der Waals surface area contributed by atoms with Crippen LogP contribution in [0.1, 0.15) is 29.9 Å². The van der Waals surface area contributed by atoms with Crippen molar-refractivity contribution in [1.29, 1.82) is 0 Å². The predicted octanol–water partition coefficient (Wildman–Crippen LogP) is 4.12. The molecule has 168 valence electrons. The van der Waals surface area contributed by atoms with Crippen LogP contribution in [0.2, 0.25) is 0 Å². The van der Waals surface area contributed by atoms with E-state index in [4.69, 9.17) is 21.7 Å². The van der Waals surface area contributed by atoms with Crippen LogP contribution in [0.5, 0.6) is 11.5 Å². The summed E-state index contributed by atoms with van der Waals surface area (Å²) in [5, 5.41) is 15.0. The molecule has 3 rings (SSSR count). The summed E-state index contributed by atoms with van der Waals surface area (Å²) < 4.78 is 15.0. The zero-order valence-electron chi connectivity index (χ0n) is 17.9. The lowest BCUT2D eigenvalue weighted by molar-refractivity contribution is 0.102. The molecule has 3 N–H and O–H groups in total. The summed E-state index contributed by atoms with van der Waals surface area (Å²) in [5.41, 5.74) is 2.90. The Kier molecular flexibility index (Phi) is 8.76. The number of nitrogens with zero attached hydrogens (tertiary/aromatic N) is 2. The molecule has 0 saturated carbocycles. The van der Waals surface area contributed by atoms with Crippen molar-refractivity contribution in [3.63, 3.8) is 0 Å². The zero-order valence-corrected chi connectivity index (χ0v) is 19.5. The number of rotatable bonds is 10. The zero-order chi connectivity index (χ0) is 22.8. The fraction of sp³-hybridized carbons (Fsp3) is 0.273. The van der Waals surface area contributed by atoms with Gasteiger partial charge in [0.05, 0.1) is 13.2 Å². The summed E-state index contributed by atoms with van der Waals surface area (Å²) in [5.74, 6) is 1.22. The molecule has 0 bridgehead atoms. The average Bonchev–Trinajstić information content (AvgIpc) is 3.32. The second kappa shape index (κ2) is 12.0. The third kappa shape index (κ3) is 6.89. The van der Waals surface area contributed by atoms with Gasteiger partial charge in [0.2, 0.25) is 0 Å². The van der Waals surface area contributed by atoms with Crippen LogP contribution >= 0.6 is 23.8 Å². The third-order valence-corrected chi connectivity index (χ3v) is 5.05. The van der Waals surface area contributed by atoms with Gasteiger partial charge in [0.25, 0.3) is 5.91 Å². The molecule has 10 heteroatoms. The highest BCUT2D eigenvalue weighted by Gasteiger charge is 2.09. The lowest BCUT2D eigenvalue weighted by Gasteiger charge is -2.14. The van der Waals surface area contributed by atoms with Gasteiger partial charge in [-0.2, -0.15) is 0 Å². The van der Waals surface area contributed by atoms with E-state index in [0.29, 0.717) is 36.3 Å². The van der Waals surface area contributed by atoms with Crippen LogP contribution in [0.3, 0.4) is 0 Å². The molecule has 2 aromatic carbocycles. The highest BCUT2D eigenvalue weighted by atomic mass is 32.1. The van der Waals surface area contributed by atoms with Crippen molar-refractivity contribution in [3.8, 4) is 11.5 Å². The first-order valence-electron chi connectivity index (χ1n) is 10.2. The number of ether oxygens (including phenoxy) is 2. The lowest BCUT2D eigenvalue weighted by Crippen LogP contribution is -2.30. The summed E-state index contributed by atoms with van der Waals surface area (Å²) in [6.45, 7) is 5.75. The maximum atomic E-state index is 12.0. The number of aromatic nitrogens is 2. The summed E-state index contributed by atoms with van der Waals surface area (Å²) in [6, 6.07) is 13.2. The van der Waals surface area contributed by atoms with Crippen molar-refractivity contribution in [2.24, 2.45) is 0 Å². The highest BCUT2D eigenvalue weighted by molar-refractivity contribution is 7.80. The molecule has 3 aromatic rings. The van der Waals surface area contributed by atoms with Crippen molar-refractivity contribution in [1.82, 2.24) is 14.9 Å². The minimum absolute atomic E-state index is 0.293. The van der Waals surface area contributed by atoms with Gasteiger partial charge in [0.15, 0.2) is 22.3 Å². The van der Waals surface area contributed by atoms with E-state index in [2.05, 4.69) is 25.5 Å². The molecule has 0 aliphatic heterocycles. The molecule has 0 aliphatic rings. The van der Waals surface area contributed by atoms with Crippen LogP contribution in [0.4, 0.5) is 11.4 Å². The molecule has 32 heavy (non-hydrogen) atoms. The Morgan fingerprint density at radius 3 is 2.34 bits per heavy atom. The van der Waals surface area contributed by atoms with E-state index in [0.717, 1.165) is 40.7 Å². The van der Waals surface area contributed by atoms with E-state index < -0.39 is 0 Å². The number of carbonyl (C=O) groups is 1. The molecular formula is C22H25N5O3S2. The SMILES string of the molecule is CCOc1ccc(CCNC(=S)Nc2ccc(NC(=O)c3csnn3)cc2)cc1OCC. The largest absolute Gasteiger partial charge is 0.490 e. The second-order valence-electron chi connectivity index (χ2n) is 6.60. The van der Waals surface area contributed by atoms with Crippen LogP contribution in [-0.2, 0) is 6.42 Å². The van der Waals surface area contributed by atoms with Gasteiger partial charge in [-0.05, 0) is 86.0 Å². The number of amides is 1. The number of benzene rings is 2. The summed E-state index contributed by atoms with van der Waals surface area (Å²) in [4.78, 5) is 12.0. The van der Waals surface area contributed by atoms with Gasteiger partial charge in [-0.25, -0.2) is 0 Å². The van der Waals surface area contributed by atoms with E-state index >= 15 is 0 Å². The Morgan fingerprint density at radius 1 is 1.00 bits per heavy atom. The fourth-order valence-electron chi connectivity index (χ4n) is 2.84. The molecule has 0 unspecified atom stereocenters. The number of thiocarbonyl (C=S) groups is 1. The molecule has 0 spiro atoms. The quantitative estimate of drug-likeness (QED) is 0.380. The maximum absolute atomic E-state index is 12.0. The Morgan fingerprint density at radius 2 is 1.69 bits per heavy atom. The summed E-state index contributed by atoms with van der Waals surface area (Å²) in [7, 11) is 0. The van der Waals surface area contributed by atoms with E-state index in [-0.39, 0.29) is 5.91 Å². The first kappa shape index (κ1) is 23.4. The normalized spacial score (nSPS) is 10.3. The second-order valence-corrected chi connectivity index (χ2v) is 7.62. The highest BCUT2D eigenvalue weighted by Crippen LogP contribution is 2.28. The van der Waals surface area contributed by atoms with Gasteiger partial charge < -0.3 is 25.4 Å². The van der Waals surface area contributed by atoms with E-state index in [1.54, 1.807) is 17.5 Å². The molecule has 0 saturated heterocycles. The van der Waals surface area contributed by atoms with Gasteiger partial charge in [-0.1, -0.05) is 10.6 Å². The molecule has 0 aliphatic carbocycles. The Labute approximate surface area is 196 Å². The minimum atomic E-state index is -0.293. The van der Waals surface area contributed by atoms with Crippen LogP contribution in [0.15, 0.2) is 47.8 Å². The molecule has 8 nitrogen and oxygen atoms in total. The Balaban J connectivity index is 1.45. The third-order valence-electron chi connectivity index (χ3n) is 4.30. The number of nitrogens with one attached hydrogen (secondary N) is 3. The van der Waals surface area contributed by atoms with Crippen molar-refractivity contribution in [2.45, 2.75) is 20.3 Å². The van der Waals surface area contributed by atoms with Crippen LogP contribution < -0.4 is 25.4 Å². The van der Waals surface area contributed by atoms with Crippen LogP contribution in [-0.4, -0.2) is 40.4 Å². The monoisotopic (exact) mass is 471 g/mol. The van der Waals surface area contributed by atoms with Gasteiger partial charge >= 0.3 is 0 Å². The molecule has 1 heterocycles. The first-order valence-corrected chi connectivity index (χ1v) is 11.4. The Hall–Kier alpha value is -3.24. The Bertz CT molecular complexity index is 1030. The van der Waals surface area contributed by atoms with Gasteiger partial charge in [-0.15, -0.1) is 5.10 Å². The van der Waals surface area contributed by atoms with Gasteiger partial charge in [0, 0.05) is 23.3 Å². The fourth-order valence-corrected chi connectivity index (χ4v) is 3.50. The molecule has 0 radical (unpaired) electrons. The number of hydrogen-bond acceptors (Lipinski definition) is 7. The van der Waals surface area contributed by atoms with E-state index in [9.17, 15) is 4.79 Å². The first-order chi connectivity index (χ1) is 15.6. The lowest BCUT2D eigenvalue weighted by atomic mass is 10.1. The summed E-state index contributed by atoms with van der Waals surface area (Å²) >= 11 is 6.51. The molecule has 1 aromatic heterocycles. The van der Waals surface area contributed by atoms with Crippen molar-refractivity contribution >= 4 is 46.1 Å². The number of hydrogen-bond donors (Lipinski definition) is 3. The standard InChI is InChI=1S/C22H25N5O3S2/c1-3-29-19-10-5-15(13-20(19)30-4-2)11-12-23-22(31)25-17-8-6-16(7-9-17)24-21(28)18-14-32-27-26-18/h5-10,13-14H,3-4,11-12H2,1-2H3,(H,24,28)(H2,23,25,31). The predicted molar refractivity (Wildman–Crippen MR) is 131 cm³/mol. The van der Waals surface area contributed by atoms with Gasteiger partial charge in [0.1, 0.15) is 0 Å². The molecule has 0 atom stereocenters. The minimum Gasteiger partial charge on any atom is -0.490 e. The van der Waals surface area contributed by atoms with Crippen molar-refractivity contribution in [2.75, 3.05) is 30.4 Å². The molecular weight excluding hydrogens is 446 g/mol. The number of anilines is 2. The van der Waals surface area contributed by atoms with E-state index in [1.807, 2.05) is 44.2 Å². The topological polar surface area (TPSA) is 97.4 Å². The number of carbonyl (C=O) groups excluding carboxylic acids is 1. The van der Waals surface area contributed by atoms with E-state index in [1.165, 1.54) is 0 Å². The smallest absolute Gasteiger partial charge is 0.277 e. The van der Waals surface area contributed by atoms with Crippen LogP contribution in [0, 0.1) is 0 Å². The van der Waals surface area contributed by atoms with Crippen molar-refractivity contribution < 1.29 is 14.3 Å². The van der Waals surface area contributed by atoms with Crippen molar-refractivity contribution in [3.05, 3.63) is 59.1 Å². The maximum Gasteiger partial charge on any atom is 0.277 e. The summed E-state index contributed by atoms with van der Waals surface area (Å²) in [6.07, 6.45) is 0.782.